The fourth-order valence-electron chi connectivity index (χ4n) is 1.49. The minimum absolute atomic E-state index is 0.00958. The first-order valence-electron chi connectivity index (χ1n) is 5.66. The summed E-state index contributed by atoms with van der Waals surface area (Å²) in [6, 6.07) is 0. The van der Waals surface area contributed by atoms with Crippen molar-refractivity contribution in [2.45, 2.75) is 26.3 Å². The zero-order valence-electron chi connectivity index (χ0n) is 10.7. The number of carbonyl (C=O) groups is 1. The van der Waals surface area contributed by atoms with Crippen LogP contribution in [-0.2, 0) is 6.54 Å². The number of hydrogen-bond donors (Lipinski definition) is 1. The van der Waals surface area contributed by atoms with Gasteiger partial charge in [0.2, 0.25) is 11.6 Å². The van der Waals surface area contributed by atoms with Crippen LogP contribution in [0, 0.1) is 10.1 Å². The van der Waals surface area contributed by atoms with Crippen molar-refractivity contribution in [3.8, 4) is 0 Å². The Morgan fingerprint density at radius 2 is 2.30 bits per heavy atom. The number of rotatable bonds is 5. The second kappa shape index (κ2) is 5.07. The molecule has 0 bridgehead atoms. The van der Waals surface area contributed by atoms with Gasteiger partial charge in [-0.2, -0.15) is 10.1 Å². The van der Waals surface area contributed by atoms with Crippen molar-refractivity contribution in [1.29, 1.82) is 0 Å². The van der Waals surface area contributed by atoms with Crippen molar-refractivity contribution in [3.05, 3.63) is 33.7 Å². The molecule has 0 fully saturated rings. The molecule has 0 spiro atoms. The van der Waals surface area contributed by atoms with Crippen LogP contribution in [-0.4, -0.2) is 35.9 Å². The van der Waals surface area contributed by atoms with E-state index in [2.05, 4.69) is 15.2 Å². The highest BCUT2D eigenvalue weighted by Gasteiger charge is 2.25. The van der Waals surface area contributed by atoms with Gasteiger partial charge in [0.15, 0.2) is 5.82 Å². The van der Waals surface area contributed by atoms with Crippen molar-refractivity contribution in [2.75, 3.05) is 0 Å². The van der Waals surface area contributed by atoms with Crippen molar-refractivity contribution in [1.82, 2.24) is 19.9 Å². The number of aromatic nitrogens is 4. The molecule has 10 heteroatoms. The zero-order valence-corrected chi connectivity index (χ0v) is 10.7. The predicted octanol–water partition coefficient (Wildman–Crippen LogP) is 1.04. The normalized spacial score (nSPS) is 10.9. The van der Waals surface area contributed by atoms with Gasteiger partial charge >= 0.3 is 11.7 Å². The second-order valence-electron chi connectivity index (χ2n) is 4.33. The van der Waals surface area contributed by atoms with E-state index < -0.39 is 22.3 Å². The second-order valence-corrected chi connectivity index (χ2v) is 4.33. The van der Waals surface area contributed by atoms with Crippen LogP contribution in [0.3, 0.4) is 0 Å². The summed E-state index contributed by atoms with van der Waals surface area (Å²) >= 11 is 0. The molecule has 0 saturated heterocycles. The Morgan fingerprint density at radius 1 is 1.60 bits per heavy atom. The van der Waals surface area contributed by atoms with Crippen LogP contribution in [0.25, 0.3) is 0 Å². The molecular formula is C10H11N5O5. The third-order valence-corrected chi connectivity index (χ3v) is 2.42. The van der Waals surface area contributed by atoms with Crippen LogP contribution in [0.4, 0.5) is 5.69 Å². The van der Waals surface area contributed by atoms with E-state index in [9.17, 15) is 14.9 Å². The lowest BCUT2D eigenvalue weighted by Gasteiger charge is -1.94. The molecule has 2 heterocycles. The van der Waals surface area contributed by atoms with Crippen LogP contribution in [0.15, 0.2) is 10.7 Å². The lowest BCUT2D eigenvalue weighted by atomic mass is 10.2. The Balaban J connectivity index is 2.27. The number of carboxylic acid groups (broad SMARTS) is 1. The van der Waals surface area contributed by atoms with Crippen molar-refractivity contribution < 1.29 is 19.3 Å². The highest BCUT2D eigenvalue weighted by atomic mass is 16.6. The Labute approximate surface area is 112 Å². The lowest BCUT2D eigenvalue weighted by molar-refractivity contribution is -0.385. The molecule has 2 aromatic rings. The van der Waals surface area contributed by atoms with E-state index in [0.717, 1.165) is 10.9 Å². The molecule has 1 N–H and O–H groups in total. The number of carboxylic acids is 1. The Kier molecular flexibility index (Phi) is 3.46. The van der Waals surface area contributed by atoms with Crippen LogP contribution >= 0.6 is 0 Å². The molecule has 0 radical (unpaired) electrons. The molecule has 20 heavy (non-hydrogen) atoms. The molecule has 0 saturated carbocycles. The standard InChI is InChI=1S/C10H11N5O5/c1-5(2)9-11-7(13-20-9)4-14-3-6(15(18)19)8(12-14)10(16)17/h3,5H,4H2,1-2H3,(H,16,17). The largest absolute Gasteiger partial charge is 0.476 e. The number of nitro groups is 1. The first kappa shape index (κ1) is 13.6. The molecule has 0 atom stereocenters. The van der Waals surface area contributed by atoms with Crippen LogP contribution in [0.1, 0.15) is 42.0 Å². The topological polar surface area (TPSA) is 137 Å². The van der Waals surface area contributed by atoms with E-state index in [0.29, 0.717) is 5.89 Å². The van der Waals surface area contributed by atoms with Crippen LogP contribution < -0.4 is 0 Å². The summed E-state index contributed by atoms with van der Waals surface area (Å²) in [5, 5.41) is 26.9. The number of nitrogens with zero attached hydrogens (tertiary/aromatic N) is 5. The number of hydrogen-bond acceptors (Lipinski definition) is 7. The molecule has 0 aromatic carbocycles. The van der Waals surface area contributed by atoms with Gasteiger partial charge in [-0.1, -0.05) is 19.0 Å². The van der Waals surface area contributed by atoms with E-state index in [1.807, 2.05) is 13.8 Å². The third kappa shape index (κ3) is 2.63. The van der Waals surface area contributed by atoms with E-state index >= 15 is 0 Å². The van der Waals surface area contributed by atoms with Gasteiger partial charge in [0.25, 0.3) is 0 Å². The lowest BCUT2D eigenvalue weighted by Crippen LogP contribution is -2.05. The van der Waals surface area contributed by atoms with Gasteiger partial charge in [-0.15, -0.1) is 0 Å². The Hall–Kier alpha value is -2.78. The quantitative estimate of drug-likeness (QED) is 0.633. The van der Waals surface area contributed by atoms with E-state index in [1.165, 1.54) is 0 Å². The maximum Gasteiger partial charge on any atom is 0.363 e. The van der Waals surface area contributed by atoms with Crippen molar-refractivity contribution in [3.63, 3.8) is 0 Å². The summed E-state index contributed by atoms with van der Waals surface area (Å²) in [4.78, 5) is 24.9. The summed E-state index contributed by atoms with van der Waals surface area (Å²) < 4.78 is 6.07. The summed E-state index contributed by atoms with van der Waals surface area (Å²) in [7, 11) is 0. The zero-order chi connectivity index (χ0) is 14.9. The summed E-state index contributed by atoms with van der Waals surface area (Å²) in [6.45, 7) is 3.74. The van der Waals surface area contributed by atoms with Gasteiger partial charge in [0.05, 0.1) is 4.92 Å². The molecular weight excluding hydrogens is 270 g/mol. The smallest absolute Gasteiger partial charge is 0.363 e. The fraction of sp³-hybridized carbons (Fsp3) is 0.400. The minimum Gasteiger partial charge on any atom is -0.476 e. The molecule has 106 valence electrons. The van der Waals surface area contributed by atoms with Crippen LogP contribution in [0.5, 0.6) is 0 Å². The monoisotopic (exact) mass is 281 g/mol. The Bertz CT molecular complexity index is 627. The maximum absolute atomic E-state index is 10.9. The van der Waals surface area contributed by atoms with E-state index in [4.69, 9.17) is 9.63 Å². The highest BCUT2D eigenvalue weighted by Crippen LogP contribution is 2.17. The van der Waals surface area contributed by atoms with Crippen molar-refractivity contribution in [2.24, 2.45) is 0 Å². The van der Waals surface area contributed by atoms with E-state index in [-0.39, 0.29) is 18.3 Å². The molecule has 0 unspecified atom stereocenters. The number of aromatic carboxylic acids is 1. The van der Waals surface area contributed by atoms with E-state index in [1.54, 1.807) is 0 Å². The van der Waals surface area contributed by atoms with Crippen LogP contribution in [0.2, 0.25) is 0 Å². The summed E-state index contributed by atoms with van der Waals surface area (Å²) in [5.74, 6) is -0.715. The highest BCUT2D eigenvalue weighted by molar-refractivity contribution is 5.89. The van der Waals surface area contributed by atoms with Gasteiger partial charge in [-0.3, -0.25) is 14.8 Å². The van der Waals surface area contributed by atoms with Gasteiger partial charge in [-0.05, 0) is 0 Å². The van der Waals surface area contributed by atoms with Gasteiger partial charge in [-0.25, -0.2) is 4.79 Å². The van der Waals surface area contributed by atoms with Gasteiger partial charge in [0, 0.05) is 5.92 Å². The third-order valence-electron chi connectivity index (χ3n) is 2.42. The van der Waals surface area contributed by atoms with Gasteiger partial charge < -0.3 is 9.63 Å². The van der Waals surface area contributed by atoms with Crippen molar-refractivity contribution >= 4 is 11.7 Å². The first-order chi connectivity index (χ1) is 9.38. The molecule has 0 aliphatic rings. The molecule has 0 aliphatic heterocycles. The maximum atomic E-state index is 10.9. The molecule has 0 amide bonds. The Morgan fingerprint density at radius 3 is 2.75 bits per heavy atom. The molecule has 2 rings (SSSR count). The average molecular weight is 281 g/mol. The van der Waals surface area contributed by atoms with Gasteiger partial charge in [0.1, 0.15) is 12.7 Å². The summed E-state index contributed by atoms with van der Waals surface area (Å²) in [5.41, 5.74) is -1.20. The molecule has 2 aromatic heterocycles. The fourth-order valence-corrected chi connectivity index (χ4v) is 1.49. The average Bonchev–Trinajstić information content (AvgIpc) is 2.96. The minimum atomic E-state index is -1.47. The first-order valence-corrected chi connectivity index (χ1v) is 5.66. The molecule has 10 nitrogen and oxygen atoms in total. The predicted molar refractivity (Wildman–Crippen MR) is 63.3 cm³/mol. The SMILES string of the molecule is CC(C)c1nc(Cn2cc([N+](=O)[O-])c(C(=O)O)n2)no1. The summed E-state index contributed by atoms with van der Waals surface area (Å²) in [6.07, 6.45) is 1.02. The molecule has 0 aliphatic carbocycles.